The molecule has 9 aromatic carbocycles. The number of hydrogen-bond acceptors (Lipinski definition) is 4. The van der Waals surface area contributed by atoms with Crippen LogP contribution in [0.3, 0.4) is 0 Å². The van der Waals surface area contributed by atoms with Gasteiger partial charge in [0.15, 0.2) is 17.5 Å². The van der Waals surface area contributed by atoms with E-state index in [4.69, 9.17) is 19.9 Å². The normalized spacial score (nSPS) is 11.8. The van der Waals surface area contributed by atoms with Crippen LogP contribution in [0.2, 0.25) is 0 Å². The summed E-state index contributed by atoms with van der Waals surface area (Å²) in [5.74, 6) is 1.80. The molecule has 0 spiro atoms. The van der Waals surface area contributed by atoms with Crippen LogP contribution in [0.25, 0.3) is 122 Å². The molecule has 0 saturated carbocycles. The fraction of sp³-hybridized carbons (Fsp3) is 0. The maximum atomic E-state index is 5.40. The van der Waals surface area contributed by atoms with Crippen LogP contribution in [0, 0.1) is 0 Å². The van der Waals surface area contributed by atoms with Gasteiger partial charge in [0.1, 0.15) is 0 Å². The third kappa shape index (κ3) is 5.66. The average molecular weight is 817 g/mol. The predicted molar refractivity (Wildman–Crippen MR) is 263 cm³/mol. The third-order valence-electron chi connectivity index (χ3n) is 12.5. The van der Waals surface area contributed by atoms with Crippen molar-refractivity contribution in [3.63, 3.8) is 0 Å². The van der Waals surface area contributed by atoms with E-state index in [9.17, 15) is 0 Å². The molecule has 4 heterocycles. The molecule has 0 atom stereocenters. The van der Waals surface area contributed by atoms with Crippen LogP contribution >= 0.6 is 0 Å². The zero-order valence-electron chi connectivity index (χ0n) is 34.5. The number of fused-ring (bicyclic) bond motifs is 9. The number of para-hydroxylation sites is 5. The zero-order chi connectivity index (χ0) is 42.1. The Labute approximate surface area is 368 Å². The Morgan fingerprint density at radius 3 is 1.56 bits per heavy atom. The van der Waals surface area contributed by atoms with Crippen molar-refractivity contribution in [2.75, 3.05) is 0 Å². The molecule has 0 radical (unpaired) electrons. The zero-order valence-corrected chi connectivity index (χ0v) is 34.5. The van der Waals surface area contributed by atoms with Crippen molar-refractivity contribution < 1.29 is 0 Å². The lowest BCUT2D eigenvalue weighted by Gasteiger charge is -2.14. The van der Waals surface area contributed by atoms with E-state index in [1.165, 1.54) is 10.8 Å². The summed E-state index contributed by atoms with van der Waals surface area (Å²) < 4.78 is 4.71. The first kappa shape index (κ1) is 36.0. The van der Waals surface area contributed by atoms with E-state index >= 15 is 0 Å². The predicted octanol–water partition coefficient (Wildman–Crippen LogP) is 14.4. The lowest BCUT2D eigenvalue weighted by Crippen LogP contribution is -2.02. The van der Waals surface area contributed by atoms with Gasteiger partial charge >= 0.3 is 0 Å². The van der Waals surface area contributed by atoms with Crippen LogP contribution in [0.4, 0.5) is 0 Å². The van der Waals surface area contributed by atoms with Gasteiger partial charge in [-0.1, -0.05) is 158 Å². The molecule has 0 fully saturated rings. The fourth-order valence-corrected chi connectivity index (χ4v) is 9.68. The topological polar surface area (TPSA) is 61.4 Å². The molecular weight excluding hydrogens is 781 g/mol. The van der Waals surface area contributed by atoms with Crippen molar-refractivity contribution in [1.82, 2.24) is 29.1 Å². The highest BCUT2D eigenvalue weighted by Crippen LogP contribution is 2.43. The molecule has 0 aliphatic rings. The van der Waals surface area contributed by atoms with E-state index in [0.717, 1.165) is 93.8 Å². The fourth-order valence-electron chi connectivity index (χ4n) is 9.68. The van der Waals surface area contributed by atoms with Crippen LogP contribution in [-0.4, -0.2) is 29.1 Å². The summed E-state index contributed by atoms with van der Waals surface area (Å²) in [6.07, 6.45) is 0. The standard InChI is InChI=1S/C58H36N6/c1-4-18-37(19-5-1)54-49-36-53-48(35-47(49)42-26-10-13-31-50(42)59-54)45-29-17-30-46(55(45)64(53)40-23-8-3-9-24-40)58-61-56(38-20-6-2-7-21-38)60-57(62-58)39-22-16-25-41(34-39)63-51-32-14-11-27-43(51)44-28-12-15-33-52(44)63/h1-36H. The summed E-state index contributed by atoms with van der Waals surface area (Å²) in [6, 6.07) is 76.7. The molecule has 6 heteroatoms. The summed E-state index contributed by atoms with van der Waals surface area (Å²) >= 11 is 0. The van der Waals surface area contributed by atoms with Gasteiger partial charge in [-0.05, 0) is 66.0 Å². The van der Waals surface area contributed by atoms with Crippen molar-refractivity contribution >= 4 is 65.3 Å². The van der Waals surface area contributed by atoms with Crippen molar-refractivity contribution in [2.45, 2.75) is 0 Å². The van der Waals surface area contributed by atoms with Gasteiger partial charge in [0.25, 0.3) is 0 Å². The van der Waals surface area contributed by atoms with E-state index in [1.54, 1.807) is 0 Å². The molecule has 6 nitrogen and oxygen atoms in total. The molecule has 64 heavy (non-hydrogen) atoms. The van der Waals surface area contributed by atoms with E-state index in [0.29, 0.717) is 17.5 Å². The van der Waals surface area contributed by atoms with Crippen LogP contribution in [0.1, 0.15) is 0 Å². The smallest absolute Gasteiger partial charge is 0.166 e. The Morgan fingerprint density at radius 2 is 0.828 bits per heavy atom. The number of benzene rings is 9. The Bertz CT molecular complexity index is 3890. The largest absolute Gasteiger partial charge is 0.309 e. The van der Waals surface area contributed by atoms with Crippen molar-refractivity contribution in [3.05, 3.63) is 218 Å². The van der Waals surface area contributed by atoms with E-state index in [2.05, 4.69) is 209 Å². The number of aromatic nitrogens is 6. The molecule has 298 valence electrons. The van der Waals surface area contributed by atoms with Gasteiger partial charge in [-0.2, -0.15) is 0 Å². The Balaban J connectivity index is 1.09. The molecule has 0 N–H and O–H groups in total. The molecule has 0 aliphatic heterocycles. The molecule has 13 aromatic rings. The second kappa shape index (κ2) is 14.4. The van der Waals surface area contributed by atoms with Gasteiger partial charge in [-0.15, -0.1) is 0 Å². The molecule has 0 bridgehead atoms. The minimum absolute atomic E-state index is 0.596. The highest BCUT2D eigenvalue weighted by Gasteiger charge is 2.23. The molecule has 4 aromatic heterocycles. The van der Waals surface area contributed by atoms with Crippen LogP contribution < -0.4 is 0 Å². The highest BCUT2D eigenvalue weighted by atomic mass is 15.1. The lowest BCUT2D eigenvalue weighted by molar-refractivity contribution is 1.07. The van der Waals surface area contributed by atoms with Gasteiger partial charge in [0.05, 0.1) is 33.3 Å². The summed E-state index contributed by atoms with van der Waals surface area (Å²) in [6.45, 7) is 0. The Kier molecular flexibility index (Phi) is 8.11. The third-order valence-corrected chi connectivity index (χ3v) is 12.5. The minimum Gasteiger partial charge on any atom is -0.309 e. The van der Waals surface area contributed by atoms with Crippen LogP contribution in [0.5, 0.6) is 0 Å². The minimum atomic E-state index is 0.596. The van der Waals surface area contributed by atoms with Gasteiger partial charge in [0, 0.05) is 65.9 Å². The maximum Gasteiger partial charge on any atom is 0.166 e. The van der Waals surface area contributed by atoms with Crippen molar-refractivity contribution in [3.8, 4) is 56.8 Å². The summed E-state index contributed by atoms with van der Waals surface area (Å²) in [7, 11) is 0. The molecular formula is C58H36N6. The first-order valence-corrected chi connectivity index (χ1v) is 21.6. The number of nitrogens with zero attached hydrogens (tertiary/aromatic N) is 6. The van der Waals surface area contributed by atoms with Crippen molar-refractivity contribution in [2.24, 2.45) is 0 Å². The van der Waals surface area contributed by atoms with E-state index in [-0.39, 0.29) is 0 Å². The van der Waals surface area contributed by atoms with Crippen LogP contribution in [0.15, 0.2) is 218 Å². The molecule has 0 amide bonds. The Morgan fingerprint density at radius 1 is 0.281 bits per heavy atom. The average Bonchev–Trinajstić information content (AvgIpc) is 3.89. The van der Waals surface area contributed by atoms with Gasteiger partial charge in [0.2, 0.25) is 0 Å². The van der Waals surface area contributed by atoms with Gasteiger partial charge in [-0.25, -0.2) is 19.9 Å². The first-order valence-electron chi connectivity index (χ1n) is 21.6. The SMILES string of the molecule is c1ccc(-c2nc(-c3cccc(-n4c5ccccc5c5ccccc54)c3)nc(-c3cccc4c5cc6c(cc5n(-c5ccccc5)c34)c(-c3ccccc3)nc3ccccc36)n2)cc1. The number of hydrogen-bond donors (Lipinski definition) is 0. The number of pyridine rings is 1. The highest BCUT2D eigenvalue weighted by molar-refractivity contribution is 6.21. The number of rotatable bonds is 6. The summed E-state index contributed by atoms with van der Waals surface area (Å²) in [5.41, 5.74) is 12.2. The quantitative estimate of drug-likeness (QED) is 0.157. The lowest BCUT2D eigenvalue weighted by atomic mass is 9.98. The molecule has 13 rings (SSSR count). The molecule has 0 unspecified atom stereocenters. The van der Waals surface area contributed by atoms with Gasteiger partial charge in [-0.3, -0.25) is 0 Å². The first-order chi connectivity index (χ1) is 31.7. The monoisotopic (exact) mass is 816 g/mol. The molecule has 0 saturated heterocycles. The second-order valence-corrected chi connectivity index (χ2v) is 16.2. The summed E-state index contributed by atoms with van der Waals surface area (Å²) in [4.78, 5) is 21.2. The molecule has 0 aliphatic carbocycles. The Hall–Kier alpha value is -8.74. The van der Waals surface area contributed by atoms with E-state index < -0.39 is 0 Å². The van der Waals surface area contributed by atoms with Gasteiger partial charge < -0.3 is 9.13 Å². The summed E-state index contributed by atoms with van der Waals surface area (Å²) in [5, 5.41) is 8.05. The second-order valence-electron chi connectivity index (χ2n) is 16.2. The van der Waals surface area contributed by atoms with Crippen LogP contribution in [-0.2, 0) is 0 Å². The maximum absolute atomic E-state index is 5.40. The van der Waals surface area contributed by atoms with E-state index in [1.807, 2.05) is 18.2 Å². The van der Waals surface area contributed by atoms with Crippen molar-refractivity contribution in [1.29, 1.82) is 0 Å².